The molecule has 1 aromatic rings. The molecule has 0 radical (unpaired) electrons. The maximum Gasteiger partial charge on any atom is 0.340 e. The lowest BCUT2D eigenvalue weighted by Crippen LogP contribution is -2.50. The fourth-order valence-corrected chi connectivity index (χ4v) is 2.26. The summed E-state index contributed by atoms with van der Waals surface area (Å²) >= 11 is 7.45. The van der Waals surface area contributed by atoms with Gasteiger partial charge in [0.2, 0.25) is 0 Å². The highest BCUT2D eigenvalue weighted by Gasteiger charge is 2.30. The van der Waals surface area contributed by atoms with Gasteiger partial charge < -0.3 is 10.1 Å². The Balaban J connectivity index is 2.70. The van der Waals surface area contributed by atoms with Gasteiger partial charge in [0.25, 0.3) is 5.91 Å². The average Bonchev–Trinajstić information content (AvgIpc) is 2.52. The monoisotopic (exact) mass is 354 g/mol. The molecular formula is C16H19ClN2O3S. The third-order valence-corrected chi connectivity index (χ3v) is 4.57. The number of hydrogen-bond acceptors (Lipinski definition) is 5. The number of hydrogen-bond donors (Lipinski definition) is 1. The van der Waals surface area contributed by atoms with Crippen LogP contribution in [0.3, 0.4) is 0 Å². The SMILES string of the molecule is CSc1ccc(Cl)c(C(=O)OCC(=O)N[C@@](C)(C#N)C(C)C)c1. The Bertz CT molecular complexity index is 643. The zero-order chi connectivity index (χ0) is 17.6. The number of carbonyl (C=O) groups excluding carboxylic acids is 2. The molecule has 0 aliphatic rings. The van der Waals surface area contributed by atoms with E-state index in [2.05, 4.69) is 11.4 Å². The number of halogens is 1. The van der Waals surface area contributed by atoms with Crippen LogP contribution < -0.4 is 5.32 Å². The number of thioether (sulfide) groups is 1. The lowest BCUT2D eigenvalue weighted by molar-refractivity contribution is -0.125. The van der Waals surface area contributed by atoms with E-state index in [-0.39, 0.29) is 16.5 Å². The number of benzene rings is 1. The zero-order valence-corrected chi connectivity index (χ0v) is 15.0. The molecule has 5 nitrogen and oxygen atoms in total. The molecule has 0 saturated carbocycles. The topological polar surface area (TPSA) is 79.2 Å². The van der Waals surface area contributed by atoms with Crippen molar-refractivity contribution in [3.05, 3.63) is 28.8 Å². The van der Waals surface area contributed by atoms with Gasteiger partial charge in [-0.25, -0.2) is 4.79 Å². The molecule has 0 fully saturated rings. The van der Waals surface area contributed by atoms with E-state index in [1.165, 1.54) is 11.8 Å². The van der Waals surface area contributed by atoms with Gasteiger partial charge in [-0.1, -0.05) is 25.4 Å². The zero-order valence-electron chi connectivity index (χ0n) is 13.5. The van der Waals surface area contributed by atoms with Gasteiger partial charge in [0, 0.05) is 4.90 Å². The van der Waals surface area contributed by atoms with E-state index in [0.29, 0.717) is 0 Å². The average molecular weight is 355 g/mol. The Morgan fingerprint density at radius 3 is 2.65 bits per heavy atom. The summed E-state index contributed by atoms with van der Waals surface area (Å²) in [4.78, 5) is 24.8. The summed E-state index contributed by atoms with van der Waals surface area (Å²) in [5, 5.41) is 12.0. The summed E-state index contributed by atoms with van der Waals surface area (Å²) in [6.07, 6.45) is 1.88. The van der Waals surface area contributed by atoms with Crippen LogP contribution in [0.4, 0.5) is 0 Å². The van der Waals surface area contributed by atoms with E-state index in [4.69, 9.17) is 21.6 Å². The Morgan fingerprint density at radius 1 is 1.48 bits per heavy atom. The molecule has 124 valence electrons. The van der Waals surface area contributed by atoms with Gasteiger partial charge in [0.05, 0.1) is 16.7 Å². The van der Waals surface area contributed by atoms with E-state index < -0.39 is 24.0 Å². The van der Waals surface area contributed by atoms with Crippen molar-refractivity contribution in [3.8, 4) is 6.07 Å². The van der Waals surface area contributed by atoms with Crippen molar-refractivity contribution in [1.29, 1.82) is 5.26 Å². The van der Waals surface area contributed by atoms with Crippen molar-refractivity contribution in [3.63, 3.8) is 0 Å². The molecule has 0 heterocycles. The molecule has 1 amide bonds. The predicted octanol–water partition coefficient (Wildman–Crippen LogP) is 3.27. The Kier molecular flexibility index (Phi) is 6.92. The summed E-state index contributed by atoms with van der Waals surface area (Å²) in [6, 6.07) is 7.06. The summed E-state index contributed by atoms with van der Waals surface area (Å²) in [7, 11) is 0. The van der Waals surface area contributed by atoms with Gasteiger partial charge in [0.15, 0.2) is 6.61 Å². The van der Waals surface area contributed by atoms with Crippen LogP contribution in [0.25, 0.3) is 0 Å². The molecule has 0 unspecified atom stereocenters. The molecule has 0 aromatic heterocycles. The summed E-state index contributed by atoms with van der Waals surface area (Å²) in [6.45, 7) is 4.80. The summed E-state index contributed by atoms with van der Waals surface area (Å²) in [5.41, 5.74) is -0.807. The number of nitrogens with one attached hydrogen (secondary N) is 1. The maximum atomic E-state index is 12.0. The standard InChI is InChI=1S/C16H19ClN2O3S/c1-10(2)16(3,9-18)19-14(20)8-22-15(21)12-7-11(23-4)5-6-13(12)17/h5-7,10H,8H2,1-4H3,(H,19,20)/t16-/m0/s1. The Hall–Kier alpha value is -1.71. The van der Waals surface area contributed by atoms with Crippen LogP contribution in [0.5, 0.6) is 0 Å². The van der Waals surface area contributed by atoms with E-state index >= 15 is 0 Å². The van der Waals surface area contributed by atoms with Crippen LogP contribution >= 0.6 is 23.4 Å². The fourth-order valence-electron chi connectivity index (χ4n) is 1.62. The highest BCUT2D eigenvalue weighted by molar-refractivity contribution is 7.98. The third-order valence-electron chi connectivity index (χ3n) is 3.51. The van der Waals surface area contributed by atoms with Crippen LogP contribution in [0.1, 0.15) is 31.1 Å². The molecular weight excluding hydrogens is 336 g/mol. The van der Waals surface area contributed by atoms with Crippen molar-refractivity contribution in [2.75, 3.05) is 12.9 Å². The largest absolute Gasteiger partial charge is 0.452 e. The van der Waals surface area contributed by atoms with Gasteiger partial charge in [0.1, 0.15) is 5.54 Å². The second-order valence-electron chi connectivity index (χ2n) is 5.44. The first-order valence-corrected chi connectivity index (χ1v) is 8.56. The first-order chi connectivity index (χ1) is 10.7. The third kappa shape index (κ3) is 5.15. The molecule has 1 N–H and O–H groups in total. The van der Waals surface area contributed by atoms with Crippen molar-refractivity contribution >= 4 is 35.2 Å². The van der Waals surface area contributed by atoms with Gasteiger partial charge >= 0.3 is 5.97 Å². The van der Waals surface area contributed by atoms with E-state index in [0.717, 1.165) is 4.90 Å². The predicted molar refractivity (Wildman–Crippen MR) is 90.5 cm³/mol. The summed E-state index contributed by atoms with van der Waals surface area (Å²) < 4.78 is 4.99. The highest BCUT2D eigenvalue weighted by atomic mass is 35.5. The molecule has 23 heavy (non-hydrogen) atoms. The minimum Gasteiger partial charge on any atom is -0.452 e. The fraction of sp³-hybridized carbons (Fsp3) is 0.438. The van der Waals surface area contributed by atoms with Crippen LogP contribution in [0.15, 0.2) is 23.1 Å². The molecule has 7 heteroatoms. The Labute approximate surface area is 145 Å². The quantitative estimate of drug-likeness (QED) is 0.626. The normalized spacial score (nSPS) is 13.1. The van der Waals surface area contributed by atoms with Crippen molar-refractivity contribution in [1.82, 2.24) is 5.32 Å². The van der Waals surface area contributed by atoms with Gasteiger partial charge in [-0.05, 0) is 37.3 Å². The van der Waals surface area contributed by atoms with Crippen LogP contribution in [0.2, 0.25) is 5.02 Å². The van der Waals surface area contributed by atoms with Crippen LogP contribution in [-0.2, 0) is 9.53 Å². The van der Waals surface area contributed by atoms with Crippen molar-refractivity contribution in [2.24, 2.45) is 5.92 Å². The number of ether oxygens (including phenoxy) is 1. The van der Waals surface area contributed by atoms with E-state index in [1.807, 2.05) is 20.1 Å². The molecule has 0 spiro atoms. The number of nitriles is 1. The Morgan fingerprint density at radius 2 is 2.13 bits per heavy atom. The second-order valence-corrected chi connectivity index (χ2v) is 6.73. The summed E-state index contributed by atoms with van der Waals surface area (Å²) in [5.74, 6) is -1.29. The van der Waals surface area contributed by atoms with Crippen LogP contribution in [0, 0.1) is 17.2 Å². The van der Waals surface area contributed by atoms with Gasteiger partial charge in [-0.3, -0.25) is 4.79 Å². The lowest BCUT2D eigenvalue weighted by atomic mass is 9.90. The molecule has 1 atom stereocenters. The molecule has 0 bridgehead atoms. The van der Waals surface area contributed by atoms with E-state index in [1.54, 1.807) is 25.1 Å². The van der Waals surface area contributed by atoms with E-state index in [9.17, 15) is 9.59 Å². The number of rotatable bonds is 6. The van der Waals surface area contributed by atoms with Gasteiger partial charge in [-0.15, -0.1) is 11.8 Å². The van der Waals surface area contributed by atoms with Crippen LogP contribution in [-0.4, -0.2) is 30.3 Å². The molecule has 0 aliphatic carbocycles. The number of esters is 1. The molecule has 1 rings (SSSR count). The molecule has 1 aromatic carbocycles. The van der Waals surface area contributed by atoms with Crippen molar-refractivity contribution in [2.45, 2.75) is 31.2 Å². The van der Waals surface area contributed by atoms with Gasteiger partial charge in [-0.2, -0.15) is 5.26 Å². The first-order valence-electron chi connectivity index (χ1n) is 6.96. The maximum absolute atomic E-state index is 12.0. The second kappa shape index (κ2) is 8.23. The lowest BCUT2D eigenvalue weighted by Gasteiger charge is -2.27. The number of carbonyl (C=O) groups is 2. The molecule has 0 aliphatic heterocycles. The number of amides is 1. The first kappa shape index (κ1) is 19.3. The number of nitrogens with zero attached hydrogens (tertiary/aromatic N) is 1. The smallest absolute Gasteiger partial charge is 0.340 e. The van der Waals surface area contributed by atoms with Crippen molar-refractivity contribution < 1.29 is 14.3 Å². The minimum atomic E-state index is -1.01. The highest BCUT2D eigenvalue weighted by Crippen LogP contribution is 2.23. The minimum absolute atomic E-state index is 0.0835. The molecule has 0 saturated heterocycles.